The molecule has 0 aromatic rings. The molecule has 0 heterocycles. The number of nitrogens with two attached hydrogens (primary N) is 2. The SMILES string of the molecule is CCCCCCCCCCCCCCCCCCCCCCC(N)C(C)N. The number of hydrogen-bond acceptors (Lipinski definition) is 2. The van der Waals surface area contributed by atoms with E-state index in [2.05, 4.69) is 6.92 Å². The van der Waals surface area contributed by atoms with Crippen molar-refractivity contribution in [3.05, 3.63) is 0 Å². The van der Waals surface area contributed by atoms with Gasteiger partial charge in [0, 0.05) is 12.1 Å². The largest absolute Gasteiger partial charge is 0.327 e. The number of rotatable bonds is 22. The van der Waals surface area contributed by atoms with E-state index in [1.54, 1.807) is 0 Å². The zero-order valence-electron chi connectivity index (χ0n) is 19.2. The molecule has 0 saturated carbocycles. The van der Waals surface area contributed by atoms with Gasteiger partial charge >= 0.3 is 0 Å². The summed E-state index contributed by atoms with van der Waals surface area (Å²) in [4.78, 5) is 0. The van der Waals surface area contributed by atoms with Gasteiger partial charge in [0.15, 0.2) is 0 Å². The molecule has 0 saturated heterocycles. The van der Waals surface area contributed by atoms with Crippen molar-refractivity contribution in [3.8, 4) is 0 Å². The van der Waals surface area contributed by atoms with Crippen LogP contribution in [0, 0.1) is 0 Å². The molecule has 2 atom stereocenters. The molecular formula is C25H54N2. The van der Waals surface area contributed by atoms with Crippen molar-refractivity contribution in [2.45, 2.75) is 161 Å². The summed E-state index contributed by atoms with van der Waals surface area (Å²) in [6.07, 6.45) is 29.7. The molecule has 2 heteroatoms. The Balaban J connectivity index is 3.03. The summed E-state index contributed by atoms with van der Waals surface area (Å²) in [5.41, 5.74) is 11.8. The lowest BCUT2D eigenvalue weighted by Gasteiger charge is -2.14. The van der Waals surface area contributed by atoms with E-state index >= 15 is 0 Å². The van der Waals surface area contributed by atoms with Crippen LogP contribution in [0.25, 0.3) is 0 Å². The predicted octanol–water partition coefficient (Wildman–Crippen LogP) is 7.87. The summed E-state index contributed by atoms with van der Waals surface area (Å²) in [7, 11) is 0. The molecule has 0 amide bonds. The summed E-state index contributed by atoms with van der Waals surface area (Å²) in [5, 5.41) is 0. The zero-order valence-corrected chi connectivity index (χ0v) is 19.2. The fraction of sp³-hybridized carbons (Fsp3) is 1.00. The van der Waals surface area contributed by atoms with Crippen LogP contribution in [0.3, 0.4) is 0 Å². The molecule has 0 aliphatic rings. The first-order valence-corrected chi connectivity index (χ1v) is 12.7. The first-order valence-electron chi connectivity index (χ1n) is 12.7. The van der Waals surface area contributed by atoms with Crippen LogP contribution >= 0.6 is 0 Å². The van der Waals surface area contributed by atoms with Crippen molar-refractivity contribution in [2.75, 3.05) is 0 Å². The molecule has 0 fully saturated rings. The summed E-state index contributed by atoms with van der Waals surface area (Å²) >= 11 is 0. The lowest BCUT2D eigenvalue weighted by atomic mass is 10.0. The van der Waals surface area contributed by atoms with Gasteiger partial charge in [-0.25, -0.2) is 0 Å². The Labute approximate surface area is 172 Å². The molecular weight excluding hydrogens is 328 g/mol. The standard InChI is InChI=1S/C25H54N2/c1-3-4-5-6-7-8-9-10-11-12-13-14-15-16-17-18-19-20-21-22-23-25(27)24(2)26/h24-25H,3-23,26-27H2,1-2H3. The second-order valence-corrected chi connectivity index (χ2v) is 9.03. The van der Waals surface area contributed by atoms with E-state index in [9.17, 15) is 0 Å². The van der Waals surface area contributed by atoms with Gasteiger partial charge in [-0.15, -0.1) is 0 Å². The van der Waals surface area contributed by atoms with Crippen LogP contribution in [0.4, 0.5) is 0 Å². The highest BCUT2D eigenvalue weighted by atomic mass is 14.8. The molecule has 0 bridgehead atoms. The molecule has 0 aliphatic heterocycles. The van der Waals surface area contributed by atoms with Gasteiger partial charge in [0.25, 0.3) is 0 Å². The third-order valence-electron chi connectivity index (χ3n) is 6.07. The molecule has 164 valence electrons. The quantitative estimate of drug-likeness (QED) is 0.187. The van der Waals surface area contributed by atoms with E-state index in [0.717, 1.165) is 6.42 Å². The van der Waals surface area contributed by atoms with Gasteiger partial charge in [-0.2, -0.15) is 0 Å². The van der Waals surface area contributed by atoms with Gasteiger partial charge in [-0.05, 0) is 13.3 Å². The highest BCUT2D eigenvalue weighted by Crippen LogP contribution is 2.15. The van der Waals surface area contributed by atoms with E-state index in [1.165, 1.54) is 128 Å². The van der Waals surface area contributed by atoms with Crippen LogP contribution in [0.1, 0.15) is 149 Å². The Morgan fingerprint density at radius 3 is 0.963 bits per heavy atom. The maximum absolute atomic E-state index is 5.97. The van der Waals surface area contributed by atoms with Gasteiger partial charge in [0.05, 0.1) is 0 Å². The fourth-order valence-corrected chi connectivity index (χ4v) is 3.90. The maximum Gasteiger partial charge on any atom is 0.0189 e. The molecule has 0 aromatic heterocycles. The molecule has 0 aromatic carbocycles. The highest BCUT2D eigenvalue weighted by Gasteiger charge is 2.06. The minimum Gasteiger partial charge on any atom is -0.327 e. The first kappa shape index (κ1) is 26.9. The van der Waals surface area contributed by atoms with Crippen LogP contribution < -0.4 is 11.5 Å². The van der Waals surface area contributed by atoms with Crippen LogP contribution in [-0.4, -0.2) is 12.1 Å². The molecule has 2 nitrogen and oxygen atoms in total. The molecule has 0 aliphatic carbocycles. The Bertz CT molecular complexity index is 265. The van der Waals surface area contributed by atoms with Crippen LogP contribution in [0.2, 0.25) is 0 Å². The zero-order chi connectivity index (χ0) is 20.0. The topological polar surface area (TPSA) is 52.0 Å². The minimum absolute atomic E-state index is 0.144. The van der Waals surface area contributed by atoms with Crippen molar-refractivity contribution in [3.63, 3.8) is 0 Å². The fourth-order valence-electron chi connectivity index (χ4n) is 3.90. The van der Waals surface area contributed by atoms with Gasteiger partial charge in [-0.3, -0.25) is 0 Å². The normalized spacial score (nSPS) is 13.8. The molecule has 0 spiro atoms. The minimum atomic E-state index is 0.144. The van der Waals surface area contributed by atoms with Crippen molar-refractivity contribution in [1.82, 2.24) is 0 Å². The molecule has 0 radical (unpaired) electrons. The number of unbranched alkanes of at least 4 members (excludes halogenated alkanes) is 19. The van der Waals surface area contributed by atoms with Gasteiger partial charge in [0.2, 0.25) is 0 Å². The Kier molecular flexibility index (Phi) is 22.1. The van der Waals surface area contributed by atoms with Gasteiger partial charge in [0.1, 0.15) is 0 Å². The van der Waals surface area contributed by atoms with Gasteiger partial charge in [-0.1, -0.05) is 135 Å². The third-order valence-corrected chi connectivity index (χ3v) is 6.07. The lowest BCUT2D eigenvalue weighted by molar-refractivity contribution is 0.480. The van der Waals surface area contributed by atoms with Crippen molar-refractivity contribution < 1.29 is 0 Å². The van der Waals surface area contributed by atoms with Crippen LogP contribution in [0.15, 0.2) is 0 Å². The van der Waals surface area contributed by atoms with Crippen molar-refractivity contribution in [2.24, 2.45) is 11.5 Å². The average Bonchev–Trinajstić information content (AvgIpc) is 2.66. The molecule has 4 N–H and O–H groups in total. The molecule has 27 heavy (non-hydrogen) atoms. The highest BCUT2D eigenvalue weighted by molar-refractivity contribution is 4.70. The molecule has 2 unspecified atom stereocenters. The van der Waals surface area contributed by atoms with E-state index in [-0.39, 0.29) is 12.1 Å². The predicted molar refractivity (Wildman–Crippen MR) is 124 cm³/mol. The molecule has 0 rings (SSSR count). The van der Waals surface area contributed by atoms with Crippen LogP contribution in [0.5, 0.6) is 0 Å². The monoisotopic (exact) mass is 382 g/mol. The van der Waals surface area contributed by atoms with E-state index in [0.29, 0.717) is 0 Å². The van der Waals surface area contributed by atoms with Crippen LogP contribution in [-0.2, 0) is 0 Å². The summed E-state index contributed by atoms with van der Waals surface area (Å²) in [6, 6.07) is 0.339. The number of hydrogen-bond donors (Lipinski definition) is 2. The Morgan fingerprint density at radius 2 is 0.704 bits per heavy atom. The average molecular weight is 383 g/mol. The second kappa shape index (κ2) is 22.2. The van der Waals surface area contributed by atoms with Crippen molar-refractivity contribution in [1.29, 1.82) is 0 Å². The van der Waals surface area contributed by atoms with E-state index in [4.69, 9.17) is 11.5 Å². The third kappa shape index (κ3) is 22.1. The summed E-state index contributed by atoms with van der Waals surface area (Å²) in [5.74, 6) is 0. The van der Waals surface area contributed by atoms with E-state index in [1.807, 2.05) is 6.92 Å². The maximum atomic E-state index is 5.97. The van der Waals surface area contributed by atoms with E-state index < -0.39 is 0 Å². The van der Waals surface area contributed by atoms with Gasteiger partial charge < -0.3 is 11.5 Å². The van der Waals surface area contributed by atoms with Crippen molar-refractivity contribution >= 4 is 0 Å². The summed E-state index contributed by atoms with van der Waals surface area (Å²) < 4.78 is 0. The second-order valence-electron chi connectivity index (χ2n) is 9.03. The first-order chi connectivity index (χ1) is 13.2. The smallest absolute Gasteiger partial charge is 0.0189 e. The Morgan fingerprint density at radius 1 is 0.444 bits per heavy atom. The Hall–Kier alpha value is -0.0800. The summed E-state index contributed by atoms with van der Waals surface area (Å²) in [6.45, 7) is 4.31. The lowest BCUT2D eigenvalue weighted by Crippen LogP contribution is -2.38.